The molecule has 2 N–H and O–H groups in total. The minimum Gasteiger partial charge on any atom is -0.487 e. The second-order valence-corrected chi connectivity index (χ2v) is 3.30. The maximum atomic E-state index is 5.87. The van der Waals surface area contributed by atoms with Gasteiger partial charge in [-0.1, -0.05) is 43.0 Å². The van der Waals surface area contributed by atoms with E-state index in [1.165, 1.54) is 0 Å². The fraction of sp³-hybridized carbons (Fsp3) is 0.0769. The van der Waals surface area contributed by atoms with E-state index >= 15 is 0 Å². The standard InChI is InChI=1S/C13H13NO/c1-2-9-15-13-11-6-4-3-5-10(11)7-8-12(13)14/h2-8H,1,9,14H2. The highest BCUT2D eigenvalue weighted by atomic mass is 16.5. The van der Waals surface area contributed by atoms with Gasteiger partial charge in [-0.15, -0.1) is 0 Å². The Morgan fingerprint density at radius 3 is 2.80 bits per heavy atom. The molecule has 0 heterocycles. The molecule has 76 valence electrons. The van der Waals surface area contributed by atoms with Crippen LogP contribution in [-0.2, 0) is 0 Å². The third-order valence-electron chi connectivity index (χ3n) is 2.26. The number of rotatable bonds is 3. The highest BCUT2D eigenvalue weighted by molar-refractivity contribution is 5.92. The first-order valence-electron chi connectivity index (χ1n) is 4.84. The zero-order valence-electron chi connectivity index (χ0n) is 8.44. The molecule has 0 unspecified atom stereocenters. The van der Waals surface area contributed by atoms with Gasteiger partial charge in [0.2, 0.25) is 0 Å². The molecule has 2 rings (SSSR count). The molecule has 0 radical (unpaired) electrons. The molecule has 0 aromatic heterocycles. The largest absolute Gasteiger partial charge is 0.487 e. The summed E-state index contributed by atoms with van der Waals surface area (Å²) in [4.78, 5) is 0. The predicted octanol–water partition coefficient (Wildman–Crippen LogP) is 2.99. The number of fused-ring (bicyclic) bond motifs is 1. The van der Waals surface area contributed by atoms with Crippen LogP contribution in [0.1, 0.15) is 0 Å². The van der Waals surface area contributed by atoms with Gasteiger partial charge in [-0.3, -0.25) is 0 Å². The molecule has 2 aromatic rings. The van der Waals surface area contributed by atoms with E-state index in [4.69, 9.17) is 10.5 Å². The molecule has 0 saturated carbocycles. The van der Waals surface area contributed by atoms with Gasteiger partial charge in [0.05, 0.1) is 5.69 Å². The van der Waals surface area contributed by atoms with Crippen LogP contribution in [0, 0.1) is 0 Å². The molecule has 2 heteroatoms. The summed E-state index contributed by atoms with van der Waals surface area (Å²) in [6.07, 6.45) is 1.71. The normalized spacial score (nSPS) is 10.1. The number of ether oxygens (including phenoxy) is 1. The van der Waals surface area contributed by atoms with Gasteiger partial charge in [0.25, 0.3) is 0 Å². The monoisotopic (exact) mass is 199 g/mol. The SMILES string of the molecule is C=CCOc1c(N)ccc2ccccc12. The van der Waals surface area contributed by atoms with Gasteiger partial charge in [0.15, 0.2) is 0 Å². The molecule has 2 nitrogen and oxygen atoms in total. The van der Waals surface area contributed by atoms with Crippen molar-refractivity contribution in [1.29, 1.82) is 0 Å². The van der Waals surface area contributed by atoms with Gasteiger partial charge in [-0.05, 0) is 11.5 Å². The van der Waals surface area contributed by atoms with Crippen LogP contribution >= 0.6 is 0 Å². The summed E-state index contributed by atoms with van der Waals surface area (Å²) >= 11 is 0. The number of nitrogens with two attached hydrogens (primary N) is 1. The average Bonchev–Trinajstić information content (AvgIpc) is 2.28. The van der Waals surface area contributed by atoms with E-state index in [1.54, 1.807) is 6.08 Å². The Labute approximate surface area is 89.0 Å². The minimum absolute atomic E-state index is 0.470. The van der Waals surface area contributed by atoms with E-state index in [0.717, 1.165) is 16.5 Å². The first-order chi connectivity index (χ1) is 7.33. The van der Waals surface area contributed by atoms with Crippen molar-refractivity contribution in [3.05, 3.63) is 49.1 Å². The molecule has 0 fully saturated rings. The van der Waals surface area contributed by atoms with Crippen LogP contribution in [0.4, 0.5) is 5.69 Å². The zero-order chi connectivity index (χ0) is 10.7. The summed E-state index contributed by atoms with van der Waals surface area (Å²) in [6, 6.07) is 11.9. The summed E-state index contributed by atoms with van der Waals surface area (Å²) in [5, 5.41) is 2.17. The van der Waals surface area contributed by atoms with Crippen molar-refractivity contribution in [2.24, 2.45) is 0 Å². The van der Waals surface area contributed by atoms with Crippen LogP contribution < -0.4 is 10.5 Å². The number of benzene rings is 2. The van der Waals surface area contributed by atoms with Crippen molar-refractivity contribution < 1.29 is 4.74 Å². The molecule has 15 heavy (non-hydrogen) atoms. The zero-order valence-corrected chi connectivity index (χ0v) is 8.44. The Balaban J connectivity index is 2.57. The lowest BCUT2D eigenvalue weighted by Crippen LogP contribution is -1.98. The third-order valence-corrected chi connectivity index (χ3v) is 2.26. The minimum atomic E-state index is 0.470. The van der Waals surface area contributed by atoms with E-state index in [9.17, 15) is 0 Å². The quantitative estimate of drug-likeness (QED) is 0.609. The highest BCUT2D eigenvalue weighted by Crippen LogP contribution is 2.31. The molecule has 0 atom stereocenters. The van der Waals surface area contributed by atoms with Gasteiger partial charge in [0, 0.05) is 5.39 Å². The molecular weight excluding hydrogens is 186 g/mol. The van der Waals surface area contributed by atoms with E-state index in [2.05, 4.69) is 6.58 Å². The first-order valence-corrected chi connectivity index (χ1v) is 4.84. The van der Waals surface area contributed by atoms with Crippen LogP contribution in [0.2, 0.25) is 0 Å². The smallest absolute Gasteiger partial charge is 0.150 e. The molecule has 0 aliphatic carbocycles. The lowest BCUT2D eigenvalue weighted by Gasteiger charge is -2.10. The van der Waals surface area contributed by atoms with Gasteiger partial charge >= 0.3 is 0 Å². The molecule has 2 aromatic carbocycles. The lowest BCUT2D eigenvalue weighted by atomic mass is 10.1. The van der Waals surface area contributed by atoms with Gasteiger partial charge in [-0.2, -0.15) is 0 Å². The average molecular weight is 199 g/mol. The molecule has 0 amide bonds. The van der Waals surface area contributed by atoms with Crippen LogP contribution in [0.15, 0.2) is 49.1 Å². The Morgan fingerprint density at radius 1 is 1.20 bits per heavy atom. The van der Waals surface area contributed by atoms with Crippen LogP contribution in [0.25, 0.3) is 10.8 Å². The van der Waals surface area contributed by atoms with E-state index in [1.807, 2.05) is 36.4 Å². The van der Waals surface area contributed by atoms with Crippen molar-refractivity contribution >= 4 is 16.5 Å². The second-order valence-electron chi connectivity index (χ2n) is 3.30. The summed E-state index contributed by atoms with van der Waals surface area (Å²) in [6.45, 7) is 4.09. The number of nitrogen functional groups attached to an aromatic ring is 1. The summed E-state index contributed by atoms with van der Waals surface area (Å²) in [5.74, 6) is 0.744. The second kappa shape index (κ2) is 4.05. The highest BCUT2D eigenvalue weighted by Gasteiger charge is 2.04. The van der Waals surface area contributed by atoms with Crippen molar-refractivity contribution in [2.75, 3.05) is 12.3 Å². The van der Waals surface area contributed by atoms with E-state index in [0.29, 0.717) is 12.3 Å². The lowest BCUT2D eigenvalue weighted by molar-refractivity contribution is 0.369. The van der Waals surface area contributed by atoms with Crippen molar-refractivity contribution in [2.45, 2.75) is 0 Å². The Hall–Kier alpha value is -1.96. The van der Waals surface area contributed by atoms with Gasteiger partial charge in [-0.25, -0.2) is 0 Å². The van der Waals surface area contributed by atoms with Crippen molar-refractivity contribution in [3.8, 4) is 5.75 Å². The van der Waals surface area contributed by atoms with E-state index < -0.39 is 0 Å². The van der Waals surface area contributed by atoms with Crippen LogP contribution in [0.3, 0.4) is 0 Å². The summed E-state index contributed by atoms with van der Waals surface area (Å²) in [7, 11) is 0. The van der Waals surface area contributed by atoms with Crippen LogP contribution in [0.5, 0.6) is 5.75 Å². The van der Waals surface area contributed by atoms with Crippen molar-refractivity contribution in [1.82, 2.24) is 0 Å². The topological polar surface area (TPSA) is 35.2 Å². The van der Waals surface area contributed by atoms with Crippen LogP contribution in [-0.4, -0.2) is 6.61 Å². The molecule has 0 saturated heterocycles. The molecule has 0 spiro atoms. The fourth-order valence-corrected chi connectivity index (χ4v) is 1.56. The fourth-order valence-electron chi connectivity index (χ4n) is 1.56. The first kappa shape index (κ1) is 9.59. The molecule has 0 aliphatic rings. The molecule has 0 aliphatic heterocycles. The number of hydrogen-bond donors (Lipinski definition) is 1. The molecular formula is C13H13NO. The maximum Gasteiger partial charge on any atom is 0.150 e. The van der Waals surface area contributed by atoms with Gasteiger partial charge < -0.3 is 10.5 Å². The Morgan fingerprint density at radius 2 is 2.00 bits per heavy atom. The number of hydrogen-bond acceptors (Lipinski definition) is 2. The van der Waals surface area contributed by atoms with E-state index in [-0.39, 0.29) is 0 Å². The Bertz CT molecular complexity index is 491. The predicted molar refractivity (Wildman–Crippen MR) is 64.1 cm³/mol. The number of anilines is 1. The third kappa shape index (κ3) is 1.79. The summed E-state index contributed by atoms with van der Waals surface area (Å²) in [5.41, 5.74) is 6.53. The maximum absolute atomic E-state index is 5.87. The van der Waals surface area contributed by atoms with Crippen molar-refractivity contribution in [3.63, 3.8) is 0 Å². The summed E-state index contributed by atoms with van der Waals surface area (Å²) < 4.78 is 5.56. The molecule has 0 bridgehead atoms. The Kier molecular flexibility index (Phi) is 2.59. The van der Waals surface area contributed by atoms with Gasteiger partial charge in [0.1, 0.15) is 12.4 Å².